The Labute approximate surface area is 67.2 Å². The summed E-state index contributed by atoms with van der Waals surface area (Å²) in [5.74, 6) is 0.0491. The molecule has 3 nitrogen and oxygen atoms in total. The van der Waals surface area contributed by atoms with Crippen LogP contribution in [0.25, 0.3) is 11.0 Å². The van der Waals surface area contributed by atoms with Crippen LogP contribution in [0.3, 0.4) is 0 Å². The Morgan fingerprint density at radius 1 is 1.73 bits per heavy atom. The van der Waals surface area contributed by atoms with E-state index in [2.05, 4.69) is 9.36 Å². The normalized spacial score (nSPS) is 10.6. The van der Waals surface area contributed by atoms with Crippen molar-refractivity contribution in [1.29, 1.82) is 0 Å². The maximum atomic E-state index is 10.9. The van der Waals surface area contributed by atoms with Gasteiger partial charge in [-0.15, -0.1) is 0 Å². The number of nitrogens with one attached hydrogen (secondary N) is 1. The number of rotatable bonds is 1. The van der Waals surface area contributed by atoms with E-state index < -0.39 is 0 Å². The molecule has 0 saturated heterocycles. The second-order valence-electron chi connectivity index (χ2n) is 2.36. The van der Waals surface area contributed by atoms with Crippen LogP contribution in [0.5, 0.6) is 0 Å². The Balaban J connectivity index is 2.67. The van der Waals surface area contributed by atoms with Gasteiger partial charge in [-0.25, -0.2) is 0 Å². The van der Waals surface area contributed by atoms with Gasteiger partial charge in [-0.3, -0.25) is 4.79 Å². The number of hydrogen-bond donors (Lipinski definition) is 1. The lowest BCUT2D eigenvalue weighted by Crippen LogP contribution is -1.90. The average Bonchev–Trinajstić information content (AvgIpc) is 2.40. The van der Waals surface area contributed by atoms with Gasteiger partial charge in [0.15, 0.2) is 11.4 Å². The predicted octanol–water partition coefficient (Wildman–Crippen LogP) is 1.83. The molecule has 0 aromatic carbocycles. The lowest BCUT2D eigenvalue weighted by molar-refractivity contribution is 0.101. The number of carbonyl (C=O) groups is 1. The van der Waals surface area contributed by atoms with Crippen LogP contribution in [0.2, 0.25) is 0 Å². The summed E-state index contributed by atoms with van der Waals surface area (Å²) in [7, 11) is 0. The number of aromatic nitrogens is 2. The molecule has 11 heavy (non-hydrogen) atoms. The Hall–Kier alpha value is -1.16. The third-order valence-corrected chi connectivity index (χ3v) is 2.18. The molecular formula is C7H6N2OS. The molecule has 4 heteroatoms. The van der Waals surface area contributed by atoms with Crippen LogP contribution in [-0.2, 0) is 0 Å². The molecule has 0 bridgehead atoms. The van der Waals surface area contributed by atoms with Crippen LogP contribution in [0.4, 0.5) is 0 Å². The molecule has 0 amide bonds. The Bertz CT molecular complexity index is 373. The van der Waals surface area contributed by atoms with Crippen molar-refractivity contribution in [1.82, 2.24) is 9.36 Å². The molecule has 0 aliphatic heterocycles. The lowest BCUT2D eigenvalue weighted by Gasteiger charge is -1.83. The van der Waals surface area contributed by atoms with Gasteiger partial charge in [-0.05, 0) is 17.6 Å². The highest BCUT2D eigenvalue weighted by molar-refractivity contribution is 7.04. The fourth-order valence-electron chi connectivity index (χ4n) is 0.951. The molecule has 0 unspecified atom stereocenters. The summed E-state index contributed by atoms with van der Waals surface area (Å²) in [6, 6.07) is 1.82. The maximum Gasteiger partial charge on any atom is 0.176 e. The van der Waals surface area contributed by atoms with E-state index in [0.717, 1.165) is 11.0 Å². The number of hydrogen-bond acceptors (Lipinski definition) is 3. The fraction of sp³-hybridized carbons (Fsp3) is 0.143. The second-order valence-corrected chi connectivity index (χ2v) is 2.99. The smallest absolute Gasteiger partial charge is 0.176 e. The van der Waals surface area contributed by atoms with Crippen molar-refractivity contribution >= 4 is 28.3 Å². The zero-order chi connectivity index (χ0) is 7.84. The van der Waals surface area contributed by atoms with E-state index in [1.165, 1.54) is 18.5 Å². The summed E-state index contributed by atoms with van der Waals surface area (Å²) >= 11 is 1.39. The zero-order valence-corrected chi connectivity index (χ0v) is 6.73. The van der Waals surface area contributed by atoms with Gasteiger partial charge in [0, 0.05) is 17.7 Å². The molecule has 0 aliphatic carbocycles. The molecule has 0 aliphatic rings. The van der Waals surface area contributed by atoms with Crippen molar-refractivity contribution in [2.75, 3.05) is 0 Å². The Morgan fingerprint density at radius 2 is 2.55 bits per heavy atom. The molecule has 0 fully saturated rings. The highest BCUT2D eigenvalue weighted by atomic mass is 32.1. The summed E-state index contributed by atoms with van der Waals surface area (Å²) in [5.41, 5.74) is 1.44. The van der Waals surface area contributed by atoms with Gasteiger partial charge in [0.05, 0.1) is 5.69 Å². The van der Waals surface area contributed by atoms with Gasteiger partial charge < -0.3 is 4.98 Å². The van der Waals surface area contributed by atoms with E-state index in [-0.39, 0.29) is 5.78 Å². The minimum absolute atomic E-state index is 0.0491. The van der Waals surface area contributed by atoms with Gasteiger partial charge in [-0.1, -0.05) is 0 Å². The standard InChI is InChI=1S/C7H6N2OS/c1-4(10)6-2-5-3-11-9-7(5)8-6/h2-3H,1H3,(H,8,9). The van der Waals surface area contributed by atoms with E-state index in [1.807, 2.05) is 11.4 Å². The lowest BCUT2D eigenvalue weighted by atomic mass is 10.3. The van der Waals surface area contributed by atoms with E-state index in [4.69, 9.17) is 0 Å². The van der Waals surface area contributed by atoms with Crippen LogP contribution in [0.1, 0.15) is 17.4 Å². The molecule has 2 aromatic heterocycles. The highest BCUT2D eigenvalue weighted by Crippen LogP contribution is 2.15. The number of Topliss-reactive ketones (excluding diaryl/α,β-unsaturated/α-hetero) is 1. The van der Waals surface area contributed by atoms with Crippen molar-refractivity contribution in [3.63, 3.8) is 0 Å². The highest BCUT2D eigenvalue weighted by Gasteiger charge is 2.04. The van der Waals surface area contributed by atoms with E-state index >= 15 is 0 Å². The number of fused-ring (bicyclic) bond motifs is 1. The molecule has 0 spiro atoms. The number of H-pyrrole nitrogens is 1. The predicted molar refractivity (Wildman–Crippen MR) is 44.0 cm³/mol. The first kappa shape index (κ1) is 6.54. The van der Waals surface area contributed by atoms with Crippen LogP contribution >= 0.6 is 11.5 Å². The van der Waals surface area contributed by atoms with Crippen molar-refractivity contribution in [2.45, 2.75) is 6.92 Å². The second kappa shape index (κ2) is 2.17. The van der Waals surface area contributed by atoms with E-state index in [9.17, 15) is 4.79 Å². The number of nitrogens with zero attached hydrogens (tertiary/aromatic N) is 1. The fourth-order valence-corrected chi connectivity index (χ4v) is 1.55. The van der Waals surface area contributed by atoms with Gasteiger partial charge in [0.1, 0.15) is 0 Å². The Kier molecular flexibility index (Phi) is 1.29. The summed E-state index contributed by atoms with van der Waals surface area (Å²) in [4.78, 5) is 13.8. The van der Waals surface area contributed by atoms with Crippen molar-refractivity contribution in [3.05, 3.63) is 17.1 Å². The SMILES string of the molecule is CC(=O)c1cc2csnc2[nH]1. The maximum absolute atomic E-state index is 10.9. The van der Waals surface area contributed by atoms with Crippen molar-refractivity contribution < 1.29 is 4.79 Å². The minimum Gasteiger partial charge on any atom is -0.336 e. The van der Waals surface area contributed by atoms with Crippen LogP contribution in [0.15, 0.2) is 11.4 Å². The number of carbonyl (C=O) groups excluding carboxylic acids is 1. The summed E-state index contributed by atoms with van der Waals surface area (Å²) in [6.45, 7) is 1.54. The molecule has 2 aromatic rings. The zero-order valence-electron chi connectivity index (χ0n) is 5.92. The molecule has 2 rings (SSSR count). The molecule has 56 valence electrons. The molecule has 0 saturated carbocycles. The monoisotopic (exact) mass is 166 g/mol. The molecule has 0 atom stereocenters. The molecular weight excluding hydrogens is 160 g/mol. The topological polar surface area (TPSA) is 45.8 Å². The average molecular weight is 166 g/mol. The van der Waals surface area contributed by atoms with Gasteiger partial charge >= 0.3 is 0 Å². The van der Waals surface area contributed by atoms with Gasteiger partial charge in [0.2, 0.25) is 0 Å². The summed E-state index contributed by atoms with van der Waals surface area (Å²) in [5, 5.41) is 2.93. The van der Waals surface area contributed by atoms with Crippen LogP contribution in [0, 0.1) is 0 Å². The first-order valence-corrected chi connectivity index (χ1v) is 4.05. The third-order valence-electron chi connectivity index (χ3n) is 1.53. The van der Waals surface area contributed by atoms with E-state index in [0.29, 0.717) is 5.69 Å². The summed E-state index contributed by atoms with van der Waals surface area (Å²) in [6.07, 6.45) is 0. The van der Waals surface area contributed by atoms with Gasteiger partial charge in [0.25, 0.3) is 0 Å². The summed E-state index contributed by atoms with van der Waals surface area (Å²) < 4.78 is 4.06. The third kappa shape index (κ3) is 0.952. The Morgan fingerprint density at radius 3 is 3.18 bits per heavy atom. The quantitative estimate of drug-likeness (QED) is 0.657. The molecule has 2 heterocycles. The van der Waals surface area contributed by atoms with Gasteiger partial charge in [-0.2, -0.15) is 4.37 Å². The van der Waals surface area contributed by atoms with Crippen molar-refractivity contribution in [3.8, 4) is 0 Å². The largest absolute Gasteiger partial charge is 0.336 e. The first-order chi connectivity index (χ1) is 5.27. The minimum atomic E-state index is 0.0491. The molecule has 1 N–H and O–H groups in total. The van der Waals surface area contributed by atoms with E-state index in [1.54, 1.807) is 0 Å². The van der Waals surface area contributed by atoms with Crippen LogP contribution in [-0.4, -0.2) is 15.1 Å². The van der Waals surface area contributed by atoms with Crippen LogP contribution < -0.4 is 0 Å². The molecule has 0 radical (unpaired) electrons. The number of aromatic amines is 1. The van der Waals surface area contributed by atoms with Crippen molar-refractivity contribution in [2.24, 2.45) is 0 Å². The number of ketones is 1. The first-order valence-electron chi connectivity index (χ1n) is 3.21.